The van der Waals surface area contributed by atoms with Crippen molar-refractivity contribution in [1.82, 2.24) is 15.5 Å². The van der Waals surface area contributed by atoms with E-state index in [4.69, 9.17) is 4.74 Å². The van der Waals surface area contributed by atoms with E-state index in [9.17, 15) is 24.0 Å². The number of ether oxygens (including phenoxy) is 1. The van der Waals surface area contributed by atoms with Crippen LogP contribution >= 0.6 is 0 Å². The summed E-state index contributed by atoms with van der Waals surface area (Å²) in [6.45, 7) is 1.12. The fraction of sp³-hybridized carbons (Fsp3) is 0.588. The number of hydrogen-bond donors (Lipinski definition) is 2. The highest BCUT2D eigenvalue weighted by Gasteiger charge is 2.47. The first-order chi connectivity index (χ1) is 12.4. The second-order valence-corrected chi connectivity index (χ2v) is 6.21. The highest BCUT2D eigenvalue weighted by molar-refractivity contribution is 6.07. The van der Waals surface area contributed by atoms with E-state index in [1.54, 1.807) is 0 Å². The summed E-state index contributed by atoms with van der Waals surface area (Å²) in [5.74, 6) is -3.39. The van der Waals surface area contributed by atoms with Crippen molar-refractivity contribution in [3.05, 3.63) is 12.2 Å². The van der Waals surface area contributed by atoms with Crippen LogP contribution in [0.25, 0.3) is 0 Å². The molecular formula is C17H23N3O6. The van der Waals surface area contributed by atoms with Crippen LogP contribution < -0.4 is 10.6 Å². The number of carbonyl (C=O) groups excluding carboxylic acids is 5. The van der Waals surface area contributed by atoms with E-state index in [2.05, 4.69) is 10.6 Å². The third-order valence-corrected chi connectivity index (χ3v) is 4.27. The number of hydrogen-bond acceptors (Lipinski definition) is 6. The van der Waals surface area contributed by atoms with Gasteiger partial charge in [0, 0.05) is 6.54 Å². The molecule has 0 spiro atoms. The number of fused-ring (bicyclic) bond motifs is 1. The van der Waals surface area contributed by atoms with Crippen LogP contribution in [0.1, 0.15) is 26.2 Å². The van der Waals surface area contributed by atoms with Gasteiger partial charge in [0.2, 0.25) is 17.7 Å². The van der Waals surface area contributed by atoms with Gasteiger partial charge in [-0.15, -0.1) is 0 Å². The number of rotatable bonds is 8. The van der Waals surface area contributed by atoms with Crippen LogP contribution in [0.3, 0.4) is 0 Å². The number of carbonyl (C=O) groups is 5. The van der Waals surface area contributed by atoms with E-state index in [-0.39, 0.29) is 24.3 Å². The van der Waals surface area contributed by atoms with Crippen LogP contribution in [0.4, 0.5) is 0 Å². The molecule has 9 nitrogen and oxygen atoms in total. The Morgan fingerprint density at radius 1 is 1.08 bits per heavy atom. The Labute approximate surface area is 151 Å². The Morgan fingerprint density at radius 2 is 1.69 bits per heavy atom. The SMILES string of the molecule is CCCNC(=O)CNC(=O)COC(=O)CN1C(=O)[C@@H]2CC=CC[C@H]2C1=O. The van der Waals surface area contributed by atoms with E-state index in [1.807, 2.05) is 19.1 Å². The number of esters is 1. The first-order valence-corrected chi connectivity index (χ1v) is 8.63. The monoisotopic (exact) mass is 365 g/mol. The highest BCUT2D eigenvalue weighted by atomic mass is 16.5. The maximum absolute atomic E-state index is 12.2. The summed E-state index contributed by atoms with van der Waals surface area (Å²) in [5.41, 5.74) is 0. The summed E-state index contributed by atoms with van der Waals surface area (Å²) >= 11 is 0. The number of imide groups is 1. The topological polar surface area (TPSA) is 122 Å². The number of amides is 4. The standard InChI is InChI=1S/C17H23N3O6/c1-2-7-18-13(21)8-19-14(22)10-26-15(23)9-20-16(24)11-5-3-4-6-12(11)17(20)25/h3-4,11-12H,2,5-10H2,1H3,(H,18,21)(H,19,22)/t11-,12-/m1/s1. The Bertz CT molecular complexity index is 604. The van der Waals surface area contributed by atoms with Gasteiger partial charge in [-0.25, -0.2) is 0 Å². The summed E-state index contributed by atoms with van der Waals surface area (Å²) in [6.07, 6.45) is 5.47. The average molecular weight is 365 g/mol. The molecule has 26 heavy (non-hydrogen) atoms. The maximum Gasteiger partial charge on any atom is 0.326 e. The van der Waals surface area contributed by atoms with Crippen LogP contribution in [-0.2, 0) is 28.7 Å². The predicted molar refractivity (Wildman–Crippen MR) is 89.3 cm³/mol. The molecule has 142 valence electrons. The normalized spacial score (nSPS) is 21.3. The van der Waals surface area contributed by atoms with Gasteiger partial charge in [-0.3, -0.25) is 28.9 Å². The zero-order valence-corrected chi connectivity index (χ0v) is 14.7. The van der Waals surface area contributed by atoms with E-state index in [1.165, 1.54) is 0 Å². The van der Waals surface area contributed by atoms with Crippen molar-refractivity contribution in [3.8, 4) is 0 Å². The predicted octanol–water partition coefficient (Wildman–Crippen LogP) is -0.877. The lowest BCUT2D eigenvalue weighted by atomic mass is 9.85. The molecule has 1 fully saturated rings. The molecule has 1 saturated heterocycles. The van der Waals surface area contributed by atoms with Gasteiger partial charge in [-0.1, -0.05) is 19.1 Å². The van der Waals surface area contributed by atoms with Gasteiger partial charge in [-0.2, -0.15) is 0 Å². The van der Waals surface area contributed by atoms with E-state index in [0.717, 1.165) is 11.3 Å². The fourth-order valence-electron chi connectivity index (χ4n) is 2.90. The first kappa shape index (κ1) is 19.6. The molecule has 0 radical (unpaired) electrons. The molecule has 0 saturated carbocycles. The van der Waals surface area contributed by atoms with Crippen molar-refractivity contribution >= 4 is 29.6 Å². The van der Waals surface area contributed by atoms with E-state index in [0.29, 0.717) is 19.4 Å². The molecule has 1 heterocycles. The van der Waals surface area contributed by atoms with Gasteiger partial charge < -0.3 is 15.4 Å². The van der Waals surface area contributed by atoms with Crippen molar-refractivity contribution in [2.75, 3.05) is 26.2 Å². The summed E-state index contributed by atoms with van der Waals surface area (Å²) in [5, 5.41) is 4.90. The lowest BCUT2D eigenvalue weighted by molar-refractivity contribution is -0.155. The van der Waals surface area contributed by atoms with Crippen LogP contribution in [0.2, 0.25) is 0 Å². The number of allylic oxidation sites excluding steroid dienone is 2. The molecule has 0 aromatic carbocycles. The van der Waals surface area contributed by atoms with Crippen LogP contribution in [0.5, 0.6) is 0 Å². The number of nitrogens with zero attached hydrogens (tertiary/aromatic N) is 1. The molecule has 1 aliphatic carbocycles. The average Bonchev–Trinajstić information content (AvgIpc) is 2.88. The van der Waals surface area contributed by atoms with Crippen LogP contribution in [-0.4, -0.2) is 60.7 Å². The van der Waals surface area contributed by atoms with Gasteiger partial charge in [0.15, 0.2) is 6.61 Å². The molecule has 0 aromatic heterocycles. The minimum absolute atomic E-state index is 0.212. The second-order valence-electron chi connectivity index (χ2n) is 6.21. The van der Waals surface area contributed by atoms with Crippen LogP contribution in [0, 0.1) is 11.8 Å². The largest absolute Gasteiger partial charge is 0.454 e. The van der Waals surface area contributed by atoms with Gasteiger partial charge in [-0.05, 0) is 19.3 Å². The molecule has 0 aromatic rings. The molecule has 4 amide bonds. The fourth-order valence-corrected chi connectivity index (χ4v) is 2.90. The van der Waals surface area contributed by atoms with Gasteiger partial charge in [0.05, 0.1) is 18.4 Å². The molecule has 2 rings (SSSR count). The molecule has 9 heteroatoms. The Hall–Kier alpha value is -2.71. The summed E-state index contributed by atoms with van der Waals surface area (Å²) in [4.78, 5) is 60.1. The first-order valence-electron chi connectivity index (χ1n) is 8.63. The quantitative estimate of drug-likeness (QED) is 0.327. The molecule has 2 N–H and O–H groups in total. The molecule has 0 unspecified atom stereocenters. The maximum atomic E-state index is 12.2. The molecule has 2 aliphatic rings. The minimum Gasteiger partial charge on any atom is -0.454 e. The van der Waals surface area contributed by atoms with Crippen LogP contribution in [0.15, 0.2) is 12.2 Å². The van der Waals surface area contributed by atoms with Crippen molar-refractivity contribution < 1.29 is 28.7 Å². The Balaban J connectivity index is 1.72. The second kappa shape index (κ2) is 9.12. The van der Waals surface area contributed by atoms with Crippen molar-refractivity contribution in [3.63, 3.8) is 0 Å². The molecule has 2 atom stereocenters. The zero-order chi connectivity index (χ0) is 19.1. The van der Waals surface area contributed by atoms with Gasteiger partial charge in [0.25, 0.3) is 5.91 Å². The van der Waals surface area contributed by atoms with Crippen molar-refractivity contribution in [1.29, 1.82) is 0 Å². The summed E-state index contributed by atoms with van der Waals surface area (Å²) < 4.78 is 4.78. The summed E-state index contributed by atoms with van der Waals surface area (Å²) in [7, 11) is 0. The lowest BCUT2D eigenvalue weighted by Gasteiger charge is -2.14. The third-order valence-electron chi connectivity index (χ3n) is 4.27. The Kier molecular flexibility index (Phi) is 6.88. The van der Waals surface area contributed by atoms with Crippen molar-refractivity contribution in [2.45, 2.75) is 26.2 Å². The number of nitrogens with one attached hydrogen (secondary N) is 2. The van der Waals surface area contributed by atoms with Gasteiger partial charge >= 0.3 is 5.97 Å². The summed E-state index contributed by atoms with van der Waals surface area (Å²) in [6, 6.07) is 0. The minimum atomic E-state index is -0.844. The molecule has 1 aliphatic heterocycles. The van der Waals surface area contributed by atoms with E-state index >= 15 is 0 Å². The zero-order valence-electron chi connectivity index (χ0n) is 14.7. The lowest BCUT2D eigenvalue weighted by Crippen LogP contribution is -2.40. The smallest absolute Gasteiger partial charge is 0.326 e. The number of likely N-dealkylation sites (tertiary alicyclic amines) is 1. The highest BCUT2D eigenvalue weighted by Crippen LogP contribution is 2.34. The Morgan fingerprint density at radius 3 is 2.27 bits per heavy atom. The molecular weight excluding hydrogens is 342 g/mol. The van der Waals surface area contributed by atoms with Gasteiger partial charge in [0.1, 0.15) is 6.54 Å². The van der Waals surface area contributed by atoms with E-state index < -0.39 is 36.9 Å². The third kappa shape index (κ3) is 4.90. The molecule has 0 bridgehead atoms. The van der Waals surface area contributed by atoms with Crippen molar-refractivity contribution in [2.24, 2.45) is 11.8 Å².